The van der Waals surface area contributed by atoms with Gasteiger partial charge in [-0.1, -0.05) is 6.07 Å². The molecule has 9 heteroatoms. The highest BCUT2D eigenvalue weighted by Gasteiger charge is 2.32. The number of aryl methyl sites for hydroxylation is 1. The molecule has 0 bridgehead atoms. The number of nitrogens with zero attached hydrogens (tertiary/aromatic N) is 1. The third-order valence-electron chi connectivity index (χ3n) is 4.16. The van der Waals surface area contributed by atoms with Crippen LogP contribution in [0.15, 0.2) is 27.9 Å². The van der Waals surface area contributed by atoms with Crippen molar-refractivity contribution in [2.75, 3.05) is 12.0 Å². The highest BCUT2D eigenvalue weighted by atomic mass is 32.2. The van der Waals surface area contributed by atoms with Gasteiger partial charge in [0.1, 0.15) is 5.82 Å². The van der Waals surface area contributed by atoms with Crippen molar-refractivity contribution >= 4 is 27.5 Å². The topological polar surface area (TPSA) is 128 Å². The van der Waals surface area contributed by atoms with E-state index in [0.717, 1.165) is 16.9 Å². The van der Waals surface area contributed by atoms with E-state index in [9.17, 15) is 22.8 Å². The molecule has 0 spiro atoms. The number of anilines is 1. The second-order valence-electron chi connectivity index (χ2n) is 5.90. The van der Waals surface area contributed by atoms with Crippen LogP contribution in [-0.2, 0) is 9.84 Å². The van der Waals surface area contributed by atoms with Gasteiger partial charge in [-0.05, 0) is 31.0 Å². The van der Waals surface area contributed by atoms with E-state index in [0.29, 0.717) is 11.1 Å². The zero-order valence-corrected chi connectivity index (χ0v) is 14.5. The van der Waals surface area contributed by atoms with Crippen molar-refractivity contribution in [2.45, 2.75) is 18.7 Å². The lowest BCUT2D eigenvalue weighted by Gasteiger charge is -2.18. The number of hydrogen-bond acceptors (Lipinski definition) is 6. The van der Waals surface area contributed by atoms with Crippen molar-refractivity contribution in [2.24, 2.45) is 0 Å². The molecule has 1 aromatic heterocycles. The zero-order valence-electron chi connectivity index (χ0n) is 13.7. The standard InChI is InChI=1S/C16H15N3O5S/c1-7-4-5-10(25(3,23)24)8(2)13(7)19-11(20)6-9-12(14(19)17)16(22)18-15(9)21/h4-6H,17H2,1-3H3,(H,18,21,22). The minimum atomic E-state index is -3.53. The summed E-state index contributed by atoms with van der Waals surface area (Å²) in [4.78, 5) is 36.3. The van der Waals surface area contributed by atoms with Gasteiger partial charge < -0.3 is 5.73 Å². The molecule has 0 saturated heterocycles. The Morgan fingerprint density at radius 3 is 2.32 bits per heavy atom. The number of amides is 2. The molecule has 3 N–H and O–H groups in total. The Morgan fingerprint density at radius 2 is 1.72 bits per heavy atom. The molecule has 0 unspecified atom stereocenters. The molecule has 130 valence electrons. The maximum Gasteiger partial charge on any atom is 0.262 e. The van der Waals surface area contributed by atoms with Crippen LogP contribution >= 0.6 is 0 Å². The van der Waals surface area contributed by atoms with Crippen molar-refractivity contribution in [3.05, 3.63) is 50.8 Å². The third-order valence-corrected chi connectivity index (χ3v) is 5.40. The molecule has 8 nitrogen and oxygen atoms in total. The number of rotatable bonds is 2. The van der Waals surface area contributed by atoms with Gasteiger partial charge in [0.25, 0.3) is 17.4 Å². The minimum absolute atomic E-state index is 0.0560. The van der Waals surface area contributed by atoms with Crippen LogP contribution in [0.3, 0.4) is 0 Å². The lowest BCUT2D eigenvalue weighted by Crippen LogP contribution is -2.25. The van der Waals surface area contributed by atoms with Gasteiger partial charge in [0.2, 0.25) is 0 Å². The number of benzene rings is 1. The van der Waals surface area contributed by atoms with Gasteiger partial charge in [0, 0.05) is 12.3 Å². The fourth-order valence-electron chi connectivity index (χ4n) is 3.07. The van der Waals surface area contributed by atoms with Gasteiger partial charge in [-0.25, -0.2) is 8.42 Å². The highest BCUT2D eigenvalue weighted by Crippen LogP contribution is 2.29. The fourth-order valence-corrected chi connectivity index (χ4v) is 4.04. The molecule has 2 amide bonds. The van der Waals surface area contributed by atoms with E-state index in [1.165, 1.54) is 6.07 Å². The quantitative estimate of drug-likeness (QED) is 0.742. The number of fused-ring (bicyclic) bond motifs is 1. The Labute approximate surface area is 143 Å². The molecule has 1 aliphatic heterocycles. The summed E-state index contributed by atoms with van der Waals surface area (Å²) in [7, 11) is -3.53. The van der Waals surface area contributed by atoms with Gasteiger partial charge in [0.05, 0.1) is 21.7 Å². The second-order valence-corrected chi connectivity index (χ2v) is 7.89. The molecule has 0 saturated carbocycles. The molecule has 1 aromatic carbocycles. The number of aromatic nitrogens is 1. The number of imide groups is 1. The van der Waals surface area contributed by atoms with E-state index in [1.807, 2.05) is 0 Å². The van der Waals surface area contributed by atoms with E-state index in [2.05, 4.69) is 5.32 Å². The Bertz CT molecular complexity index is 1130. The Morgan fingerprint density at radius 1 is 1.08 bits per heavy atom. The average Bonchev–Trinajstić information content (AvgIpc) is 2.75. The van der Waals surface area contributed by atoms with Crippen LogP contribution in [0.4, 0.5) is 5.82 Å². The van der Waals surface area contributed by atoms with Crippen LogP contribution in [-0.4, -0.2) is 31.1 Å². The van der Waals surface area contributed by atoms with Crippen molar-refractivity contribution in [3.63, 3.8) is 0 Å². The monoisotopic (exact) mass is 361 g/mol. The summed E-state index contributed by atoms with van der Waals surface area (Å²) in [6.45, 7) is 3.25. The number of nitrogens with two attached hydrogens (primary N) is 1. The summed E-state index contributed by atoms with van der Waals surface area (Å²) in [5, 5.41) is 2.09. The summed E-state index contributed by atoms with van der Waals surface area (Å²) in [5.41, 5.74) is 6.43. The fraction of sp³-hybridized carbons (Fsp3) is 0.188. The minimum Gasteiger partial charge on any atom is -0.384 e. The number of carbonyl (C=O) groups excluding carboxylic acids is 2. The first-order valence-electron chi connectivity index (χ1n) is 7.26. The number of hydrogen-bond donors (Lipinski definition) is 2. The van der Waals surface area contributed by atoms with Crippen molar-refractivity contribution in [3.8, 4) is 5.69 Å². The van der Waals surface area contributed by atoms with Gasteiger partial charge in [0.15, 0.2) is 9.84 Å². The predicted molar refractivity (Wildman–Crippen MR) is 90.8 cm³/mol. The molecule has 25 heavy (non-hydrogen) atoms. The largest absolute Gasteiger partial charge is 0.384 e. The molecule has 0 fully saturated rings. The maximum atomic E-state index is 12.6. The first kappa shape index (κ1) is 16.9. The second kappa shape index (κ2) is 5.28. The van der Waals surface area contributed by atoms with E-state index in [1.54, 1.807) is 19.9 Å². The van der Waals surface area contributed by atoms with Gasteiger partial charge in [-0.3, -0.25) is 24.3 Å². The smallest absolute Gasteiger partial charge is 0.262 e. The Balaban J connectivity index is 2.45. The first-order valence-corrected chi connectivity index (χ1v) is 9.15. The molecule has 3 rings (SSSR count). The van der Waals surface area contributed by atoms with Gasteiger partial charge >= 0.3 is 0 Å². The van der Waals surface area contributed by atoms with Crippen LogP contribution in [0.1, 0.15) is 31.8 Å². The molecular formula is C16H15N3O5S. The van der Waals surface area contributed by atoms with E-state index in [4.69, 9.17) is 5.73 Å². The van der Waals surface area contributed by atoms with E-state index >= 15 is 0 Å². The Hall–Kier alpha value is -2.94. The number of sulfone groups is 1. The van der Waals surface area contributed by atoms with Gasteiger partial charge in [-0.15, -0.1) is 0 Å². The van der Waals surface area contributed by atoms with E-state index in [-0.39, 0.29) is 27.5 Å². The van der Waals surface area contributed by atoms with Crippen molar-refractivity contribution in [1.82, 2.24) is 9.88 Å². The van der Waals surface area contributed by atoms with Crippen LogP contribution in [0, 0.1) is 13.8 Å². The summed E-state index contributed by atoms with van der Waals surface area (Å²) in [6.07, 6.45) is 1.06. The van der Waals surface area contributed by atoms with E-state index < -0.39 is 27.2 Å². The maximum absolute atomic E-state index is 12.6. The van der Waals surface area contributed by atoms with Crippen LogP contribution in [0.2, 0.25) is 0 Å². The molecule has 0 aliphatic carbocycles. The van der Waals surface area contributed by atoms with Crippen LogP contribution < -0.4 is 16.6 Å². The molecule has 2 heterocycles. The number of pyridine rings is 1. The number of nitrogen functional groups attached to an aromatic ring is 1. The average molecular weight is 361 g/mol. The SMILES string of the molecule is Cc1ccc(S(C)(=O)=O)c(C)c1-n1c(N)c2c(cc1=O)C(=O)NC2=O. The van der Waals surface area contributed by atoms with Crippen LogP contribution in [0.25, 0.3) is 5.69 Å². The Kier molecular flexibility index (Phi) is 3.57. The summed E-state index contributed by atoms with van der Waals surface area (Å²) in [6, 6.07) is 4.04. The van der Waals surface area contributed by atoms with Crippen LogP contribution in [0.5, 0.6) is 0 Å². The van der Waals surface area contributed by atoms with Crippen molar-refractivity contribution in [1.29, 1.82) is 0 Å². The summed E-state index contributed by atoms with van der Waals surface area (Å²) in [5.74, 6) is -1.59. The molecular weight excluding hydrogens is 346 g/mol. The zero-order chi connectivity index (χ0) is 18.7. The molecule has 1 aliphatic rings. The van der Waals surface area contributed by atoms with Gasteiger partial charge in [-0.2, -0.15) is 0 Å². The number of nitrogens with one attached hydrogen (secondary N) is 1. The third kappa shape index (κ3) is 2.43. The predicted octanol–water partition coefficient (Wildman–Crippen LogP) is 0.324. The lowest BCUT2D eigenvalue weighted by molar-refractivity contribution is 0.0880. The lowest BCUT2D eigenvalue weighted by atomic mass is 10.1. The molecule has 0 atom stereocenters. The normalized spacial score (nSPS) is 13.7. The summed E-state index contributed by atoms with van der Waals surface area (Å²) >= 11 is 0. The number of carbonyl (C=O) groups is 2. The first-order chi connectivity index (χ1) is 11.5. The molecule has 2 aromatic rings. The van der Waals surface area contributed by atoms with Crippen molar-refractivity contribution < 1.29 is 18.0 Å². The summed E-state index contributed by atoms with van der Waals surface area (Å²) < 4.78 is 25.0. The molecule has 0 radical (unpaired) electrons. The highest BCUT2D eigenvalue weighted by molar-refractivity contribution is 7.90.